The molecule has 0 spiro atoms. The lowest BCUT2D eigenvalue weighted by Gasteiger charge is -2.60. The van der Waals surface area contributed by atoms with Crippen molar-refractivity contribution in [2.75, 3.05) is 0 Å². The summed E-state index contributed by atoms with van der Waals surface area (Å²) < 4.78 is 5.55. The minimum Gasteiger partial charge on any atom is -0.463 e. The number of hydrogen-bond donors (Lipinski definition) is 0. The highest BCUT2D eigenvalue weighted by atomic mass is 16.5. The average molecular weight is 445 g/mol. The van der Waals surface area contributed by atoms with Gasteiger partial charge in [0.25, 0.3) is 0 Å². The van der Waals surface area contributed by atoms with E-state index in [1.54, 1.807) is 0 Å². The standard InChI is InChI=1S/C29H48O3/c1-18(2)8-7-9-19(3)23-10-11-24-22-17-27(31)26-16-21(32-20(4)30)12-14-29(26,6)25(22)13-15-28(23,24)5/h18-19,21-26H,7-17H2,1-6H3/t19-,21+,22+,23-,24+,25+,26+,28-,29-/m1/s1. The van der Waals surface area contributed by atoms with E-state index in [9.17, 15) is 9.59 Å². The molecule has 0 aromatic rings. The van der Waals surface area contributed by atoms with Gasteiger partial charge in [-0.25, -0.2) is 0 Å². The van der Waals surface area contributed by atoms with E-state index in [1.807, 2.05) is 0 Å². The Bertz CT molecular complexity index is 713. The molecule has 182 valence electrons. The highest BCUT2D eigenvalue weighted by Crippen LogP contribution is 2.68. The highest BCUT2D eigenvalue weighted by Gasteiger charge is 2.62. The number of ketones is 1. The van der Waals surface area contributed by atoms with Crippen molar-refractivity contribution in [1.29, 1.82) is 0 Å². The molecule has 0 unspecified atom stereocenters. The van der Waals surface area contributed by atoms with Crippen molar-refractivity contribution in [3.8, 4) is 0 Å². The molecule has 4 aliphatic rings. The maximum Gasteiger partial charge on any atom is 0.302 e. The molecule has 4 saturated carbocycles. The first kappa shape index (κ1) is 24.3. The molecule has 0 amide bonds. The van der Waals surface area contributed by atoms with Crippen LogP contribution < -0.4 is 0 Å². The molecule has 4 fully saturated rings. The largest absolute Gasteiger partial charge is 0.463 e. The summed E-state index contributed by atoms with van der Waals surface area (Å²) in [6, 6.07) is 0. The van der Waals surface area contributed by atoms with Crippen molar-refractivity contribution in [1.82, 2.24) is 0 Å². The van der Waals surface area contributed by atoms with Gasteiger partial charge in [-0.2, -0.15) is 0 Å². The number of carbonyl (C=O) groups is 2. The van der Waals surface area contributed by atoms with Crippen LogP contribution in [0.3, 0.4) is 0 Å². The van der Waals surface area contributed by atoms with E-state index in [1.165, 1.54) is 51.9 Å². The number of esters is 1. The van der Waals surface area contributed by atoms with Gasteiger partial charge in [0.2, 0.25) is 0 Å². The van der Waals surface area contributed by atoms with Crippen LogP contribution in [0, 0.1) is 52.3 Å². The molecule has 3 nitrogen and oxygen atoms in total. The summed E-state index contributed by atoms with van der Waals surface area (Å²) in [5.74, 6) is 4.81. The fourth-order valence-electron chi connectivity index (χ4n) is 9.37. The molecular formula is C29H48O3. The molecular weight excluding hydrogens is 396 g/mol. The van der Waals surface area contributed by atoms with Gasteiger partial charge in [0, 0.05) is 19.3 Å². The van der Waals surface area contributed by atoms with Gasteiger partial charge in [0.1, 0.15) is 11.9 Å². The first-order valence-corrected chi connectivity index (χ1v) is 13.8. The number of ether oxygens (including phenoxy) is 1. The Labute approximate surface area is 196 Å². The zero-order valence-electron chi connectivity index (χ0n) is 21.6. The van der Waals surface area contributed by atoms with E-state index in [0.29, 0.717) is 23.0 Å². The van der Waals surface area contributed by atoms with Gasteiger partial charge in [0.05, 0.1) is 0 Å². The molecule has 0 aliphatic heterocycles. The van der Waals surface area contributed by atoms with Crippen LogP contribution in [0.4, 0.5) is 0 Å². The van der Waals surface area contributed by atoms with Crippen molar-refractivity contribution in [2.45, 2.75) is 118 Å². The van der Waals surface area contributed by atoms with E-state index in [-0.39, 0.29) is 23.4 Å². The van der Waals surface area contributed by atoms with Crippen molar-refractivity contribution in [3.63, 3.8) is 0 Å². The minimum absolute atomic E-state index is 0.0533. The second kappa shape index (κ2) is 9.06. The van der Waals surface area contributed by atoms with Gasteiger partial charge in [0.15, 0.2) is 0 Å². The normalized spacial score (nSPS) is 44.5. The lowest BCUT2D eigenvalue weighted by atomic mass is 9.44. The summed E-state index contributed by atoms with van der Waals surface area (Å²) in [7, 11) is 0. The third-order valence-electron chi connectivity index (χ3n) is 10.9. The van der Waals surface area contributed by atoms with Gasteiger partial charge < -0.3 is 4.74 Å². The van der Waals surface area contributed by atoms with E-state index in [0.717, 1.165) is 49.4 Å². The first-order chi connectivity index (χ1) is 15.1. The van der Waals surface area contributed by atoms with Crippen molar-refractivity contribution in [2.24, 2.45) is 52.3 Å². The maximum atomic E-state index is 13.5. The summed E-state index contributed by atoms with van der Waals surface area (Å²) in [5, 5.41) is 0. The highest BCUT2D eigenvalue weighted by molar-refractivity contribution is 5.83. The second-order valence-electron chi connectivity index (χ2n) is 13.1. The van der Waals surface area contributed by atoms with Crippen molar-refractivity contribution < 1.29 is 14.3 Å². The number of hydrogen-bond acceptors (Lipinski definition) is 3. The summed E-state index contributed by atoms with van der Waals surface area (Å²) in [6.07, 6.45) is 12.9. The Balaban J connectivity index is 1.48. The molecule has 3 heteroatoms. The zero-order valence-corrected chi connectivity index (χ0v) is 21.6. The van der Waals surface area contributed by atoms with Crippen molar-refractivity contribution in [3.05, 3.63) is 0 Å². The molecule has 32 heavy (non-hydrogen) atoms. The predicted octanol–water partition coefficient (Wildman–Crippen LogP) is 7.22. The van der Waals surface area contributed by atoms with Gasteiger partial charge >= 0.3 is 5.97 Å². The fourth-order valence-corrected chi connectivity index (χ4v) is 9.37. The van der Waals surface area contributed by atoms with E-state index in [4.69, 9.17) is 4.74 Å². The number of Topliss-reactive ketones (excluding diaryl/α,β-unsaturated/α-hetero) is 1. The smallest absolute Gasteiger partial charge is 0.302 e. The zero-order chi connectivity index (χ0) is 23.3. The Morgan fingerprint density at radius 3 is 2.38 bits per heavy atom. The summed E-state index contributed by atoms with van der Waals surface area (Å²) >= 11 is 0. The van der Waals surface area contributed by atoms with Gasteiger partial charge in [-0.15, -0.1) is 0 Å². The number of fused-ring (bicyclic) bond motifs is 5. The van der Waals surface area contributed by atoms with Gasteiger partial charge in [-0.05, 0) is 91.3 Å². The number of carbonyl (C=O) groups excluding carboxylic acids is 2. The monoisotopic (exact) mass is 444 g/mol. The van der Waals surface area contributed by atoms with E-state index < -0.39 is 0 Å². The molecule has 4 rings (SSSR count). The minimum atomic E-state index is -0.201. The fraction of sp³-hybridized carbons (Fsp3) is 0.931. The quantitative estimate of drug-likeness (QED) is 0.406. The third kappa shape index (κ3) is 4.20. The second-order valence-corrected chi connectivity index (χ2v) is 13.1. The molecule has 9 atom stereocenters. The Kier molecular flexibility index (Phi) is 6.87. The molecule has 0 aromatic heterocycles. The predicted molar refractivity (Wildman–Crippen MR) is 129 cm³/mol. The Hall–Kier alpha value is -0.860. The summed E-state index contributed by atoms with van der Waals surface area (Å²) in [4.78, 5) is 25.0. The Morgan fingerprint density at radius 1 is 1.00 bits per heavy atom. The van der Waals surface area contributed by atoms with Crippen LogP contribution >= 0.6 is 0 Å². The molecule has 0 radical (unpaired) electrons. The van der Waals surface area contributed by atoms with Gasteiger partial charge in [-0.1, -0.05) is 53.9 Å². The molecule has 0 aromatic carbocycles. The van der Waals surface area contributed by atoms with E-state index in [2.05, 4.69) is 34.6 Å². The van der Waals surface area contributed by atoms with Crippen LogP contribution in [0.5, 0.6) is 0 Å². The lowest BCUT2D eigenvalue weighted by Crippen LogP contribution is -2.57. The van der Waals surface area contributed by atoms with E-state index >= 15 is 0 Å². The number of rotatable bonds is 6. The van der Waals surface area contributed by atoms with Crippen LogP contribution in [-0.4, -0.2) is 17.9 Å². The van der Waals surface area contributed by atoms with Gasteiger partial charge in [-0.3, -0.25) is 9.59 Å². The Morgan fingerprint density at radius 2 is 1.69 bits per heavy atom. The van der Waals surface area contributed by atoms with Crippen LogP contribution in [-0.2, 0) is 14.3 Å². The first-order valence-electron chi connectivity index (χ1n) is 13.8. The molecule has 0 N–H and O–H groups in total. The molecule has 0 bridgehead atoms. The molecule has 0 saturated heterocycles. The lowest BCUT2D eigenvalue weighted by molar-refractivity contribution is -0.169. The van der Waals surface area contributed by atoms with Crippen LogP contribution in [0.15, 0.2) is 0 Å². The SMILES string of the molecule is CC(=O)O[C@H]1CC[C@@]2(C)[C@@H](C1)C(=O)C[C@@H]1[C@@H]2CC[C@]2(C)[C@@H]([C@H](C)CCCC(C)C)CC[C@@H]12. The van der Waals surface area contributed by atoms with Crippen LogP contribution in [0.1, 0.15) is 112 Å². The summed E-state index contributed by atoms with van der Waals surface area (Å²) in [6.45, 7) is 13.7. The third-order valence-corrected chi connectivity index (χ3v) is 10.9. The molecule has 0 heterocycles. The van der Waals surface area contributed by atoms with Crippen LogP contribution in [0.2, 0.25) is 0 Å². The topological polar surface area (TPSA) is 43.4 Å². The molecule has 4 aliphatic carbocycles. The van der Waals surface area contributed by atoms with Crippen molar-refractivity contribution >= 4 is 11.8 Å². The van der Waals surface area contributed by atoms with Crippen LogP contribution in [0.25, 0.3) is 0 Å². The summed E-state index contributed by atoms with van der Waals surface area (Å²) in [5.41, 5.74) is 0.537. The average Bonchev–Trinajstić information content (AvgIpc) is 3.06. The maximum absolute atomic E-state index is 13.5.